The van der Waals surface area contributed by atoms with Crippen LogP contribution in [0.2, 0.25) is 0 Å². The van der Waals surface area contributed by atoms with Crippen LogP contribution in [0.4, 0.5) is 5.82 Å². The van der Waals surface area contributed by atoms with Crippen LogP contribution in [0, 0.1) is 0 Å². The molecule has 2 rings (SSSR count). The molecule has 10 heteroatoms. The minimum Gasteiger partial charge on any atom is -0.350 e. The van der Waals surface area contributed by atoms with Crippen molar-refractivity contribution in [1.82, 2.24) is 20.3 Å². The molecular weight excluding hydrogens is 334 g/mol. The molecule has 1 heterocycles. The van der Waals surface area contributed by atoms with Crippen molar-refractivity contribution in [3.8, 4) is 0 Å². The first-order valence-electron chi connectivity index (χ1n) is 6.97. The molecule has 24 heavy (non-hydrogen) atoms. The molecule has 1 aromatic heterocycles. The maximum absolute atomic E-state index is 11.8. The summed E-state index contributed by atoms with van der Waals surface area (Å²) in [6, 6.07) is 6.26. The summed E-state index contributed by atoms with van der Waals surface area (Å²) in [5.74, 6) is -0.317. The molecule has 2 N–H and O–H groups in total. The summed E-state index contributed by atoms with van der Waals surface area (Å²) in [5, 5.41) is 12.9. The smallest absolute Gasteiger partial charge is 0.243 e. The van der Waals surface area contributed by atoms with Gasteiger partial charge in [0.2, 0.25) is 11.8 Å². The van der Waals surface area contributed by atoms with Crippen LogP contribution in [0.1, 0.15) is 12.5 Å². The summed E-state index contributed by atoms with van der Waals surface area (Å²) in [4.78, 5) is 24.1. The molecule has 0 unspecified atom stereocenters. The van der Waals surface area contributed by atoms with Crippen molar-refractivity contribution in [2.75, 3.05) is 11.6 Å². The predicted octanol–water partition coefficient (Wildman–Crippen LogP) is -0.0436. The van der Waals surface area contributed by atoms with Crippen LogP contribution < -0.4 is 10.6 Å². The van der Waals surface area contributed by atoms with Gasteiger partial charge in [-0.25, -0.2) is 8.42 Å². The predicted molar refractivity (Wildman–Crippen MR) is 85.7 cm³/mol. The van der Waals surface area contributed by atoms with Gasteiger partial charge in [-0.05, 0) is 17.7 Å². The molecule has 2 aromatic rings. The lowest BCUT2D eigenvalue weighted by atomic mass is 10.2. The van der Waals surface area contributed by atoms with Crippen LogP contribution in [-0.2, 0) is 32.5 Å². The van der Waals surface area contributed by atoms with Gasteiger partial charge in [-0.15, -0.1) is 5.10 Å². The quantitative estimate of drug-likeness (QED) is 0.752. The van der Waals surface area contributed by atoms with Crippen LogP contribution in [-0.4, -0.2) is 41.5 Å². The highest BCUT2D eigenvalue weighted by molar-refractivity contribution is 7.90. The average Bonchev–Trinajstić information content (AvgIpc) is 2.91. The first kappa shape index (κ1) is 17.6. The number of benzene rings is 1. The van der Waals surface area contributed by atoms with Crippen molar-refractivity contribution in [3.63, 3.8) is 0 Å². The van der Waals surface area contributed by atoms with Gasteiger partial charge in [-0.1, -0.05) is 12.1 Å². The number of nitrogens with one attached hydrogen (secondary N) is 2. The number of amides is 2. The van der Waals surface area contributed by atoms with Crippen molar-refractivity contribution in [3.05, 3.63) is 36.0 Å². The monoisotopic (exact) mass is 351 g/mol. The fraction of sp³-hybridized carbons (Fsp3) is 0.286. The van der Waals surface area contributed by atoms with Crippen LogP contribution in [0.3, 0.4) is 0 Å². The van der Waals surface area contributed by atoms with Gasteiger partial charge in [0.1, 0.15) is 6.54 Å². The molecule has 2 amide bonds. The zero-order chi connectivity index (χ0) is 17.7. The van der Waals surface area contributed by atoms with Crippen molar-refractivity contribution in [2.24, 2.45) is 0 Å². The van der Waals surface area contributed by atoms with E-state index in [-0.39, 0.29) is 35.6 Å². The minimum atomic E-state index is -3.24. The number of sulfone groups is 1. The summed E-state index contributed by atoms with van der Waals surface area (Å²) in [6.07, 6.45) is 2.48. The van der Waals surface area contributed by atoms with Gasteiger partial charge in [0.25, 0.3) is 0 Å². The first-order valence-corrected chi connectivity index (χ1v) is 8.86. The van der Waals surface area contributed by atoms with E-state index in [4.69, 9.17) is 0 Å². The van der Waals surface area contributed by atoms with Gasteiger partial charge in [-0.3, -0.25) is 9.59 Å². The molecule has 0 aliphatic carbocycles. The summed E-state index contributed by atoms with van der Waals surface area (Å²) in [7, 11) is -3.24. The second kappa shape index (κ2) is 7.21. The third-order valence-electron chi connectivity index (χ3n) is 2.97. The molecule has 0 bridgehead atoms. The van der Waals surface area contributed by atoms with E-state index in [9.17, 15) is 18.0 Å². The molecule has 0 aliphatic heterocycles. The molecule has 0 saturated heterocycles. The zero-order valence-electron chi connectivity index (χ0n) is 13.2. The van der Waals surface area contributed by atoms with Crippen molar-refractivity contribution in [2.45, 2.75) is 24.9 Å². The van der Waals surface area contributed by atoms with Crippen molar-refractivity contribution in [1.29, 1.82) is 0 Å². The Hall–Kier alpha value is -2.75. The van der Waals surface area contributed by atoms with E-state index in [0.717, 1.165) is 16.6 Å². The number of nitrogens with zero attached hydrogens (tertiary/aromatic N) is 3. The van der Waals surface area contributed by atoms with Gasteiger partial charge >= 0.3 is 0 Å². The van der Waals surface area contributed by atoms with Crippen LogP contribution in [0.5, 0.6) is 0 Å². The van der Waals surface area contributed by atoms with Gasteiger partial charge < -0.3 is 10.6 Å². The Morgan fingerprint density at radius 2 is 1.88 bits per heavy atom. The molecule has 0 saturated carbocycles. The van der Waals surface area contributed by atoms with Crippen molar-refractivity contribution < 1.29 is 18.0 Å². The second-order valence-electron chi connectivity index (χ2n) is 5.13. The molecule has 1 aromatic carbocycles. The number of hydrogen-bond acceptors (Lipinski definition) is 6. The van der Waals surface area contributed by atoms with E-state index in [1.165, 1.54) is 25.3 Å². The van der Waals surface area contributed by atoms with Crippen LogP contribution in [0.15, 0.2) is 35.4 Å². The highest BCUT2D eigenvalue weighted by atomic mass is 32.2. The number of anilines is 1. The molecule has 128 valence electrons. The second-order valence-corrected chi connectivity index (χ2v) is 7.15. The van der Waals surface area contributed by atoms with Gasteiger partial charge in [-0.2, -0.15) is 9.90 Å². The number of carbonyl (C=O) groups is 2. The lowest BCUT2D eigenvalue weighted by Gasteiger charge is -2.06. The summed E-state index contributed by atoms with van der Waals surface area (Å²) >= 11 is 0. The lowest BCUT2D eigenvalue weighted by molar-refractivity contribution is -0.122. The fourth-order valence-electron chi connectivity index (χ4n) is 1.85. The Bertz CT molecular complexity index is 842. The minimum absolute atomic E-state index is 0.0962. The van der Waals surface area contributed by atoms with E-state index in [1.54, 1.807) is 12.1 Å². The molecule has 0 radical (unpaired) electrons. The van der Waals surface area contributed by atoms with Gasteiger partial charge in [0.05, 0.1) is 11.1 Å². The Morgan fingerprint density at radius 3 is 2.46 bits per heavy atom. The number of aromatic nitrogens is 3. The van der Waals surface area contributed by atoms with Crippen molar-refractivity contribution >= 4 is 27.5 Å². The summed E-state index contributed by atoms with van der Waals surface area (Å²) in [6.45, 7) is 1.50. The third kappa shape index (κ3) is 5.16. The van der Waals surface area contributed by atoms with Gasteiger partial charge in [0.15, 0.2) is 15.7 Å². The topological polar surface area (TPSA) is 123 Å². The molecule has 0 aliphatic rings. The highest BCUT2D eigenvalue weighted by Crippen LogP contribution is 2.10. The molecule has 0 fully saturated rings. The maximum atomic E-state index is 11.8. The number of carbonyl (C=O) groups excluding carboxylic acids is 2. The Kier molecular flexibility index (Phi) is 5.29. The maximum Gasteiger partial charge on any atom is 0.243 e. The van der Waals surface area contributed by atoms with Gasteiger partial charge in [0, 0.05) is 19.7 Å². The Balaban J connectivity index is 1.87. The molecule has 9 nitrogen and oxygen atoms in total. The van der Waals surface area contributed by atoms with E-state index >= 15 is 0 Å². The number of hydrogen-bond donors (Lipinski definition) is 2. The number of rotatable bonds is 6. The molecular formula is C14H17N5O4S. The average molecular weight is 351 g/mol. The zero-order valence-corrected chi connectivity index (χ0v) is 14.0. The SMILES string of the molecule is CC(=O)Nc1cnn(CC(=O)NCc2ccc(S(C)(=O)=O)cc2)n1. The standard InChI is InChI=1S/C14H17N5O4S/c1-10(20)17-13-8-16-19(18-13)9-14(21)15-7-11-3-5-12(6-4-11)24(2,22)23/h3-6,8H,7,9H2,1-2H3,(H,15,21)(H,17,18,20). The van der Waals surface area contributed by atoms with Crippen LogP contribution in [0.25, 0.3) is 0 Å². The fourth-order valence-corrected chi connectivity index (χ4v) is 2.48. The highest BCUT2D eigenvalue weighted by Gasteiger charge is 2.08. The van der Waals surface area contributed by atoms with E-state index in [2.05, 4.69) is 20.8 Å². The van der Waals surface area contributed by atoms with E-state index < -0.39 is 9.84 Å². The van der Waals surface area contributed by atoms with Crippen LogP contribution >= 0.6 is 0 Å². The summed E-state index contributed by atoms with van der Waals surface area (Å²) in [5.41, 5.74) is 0.767. The largest absolute Gasteiger partial charge is 0.350 e. The first-order chi connectivity index (χ1) is 11.2. The Labute approximate surface area is 139 Å². The lowest BCUT2D eigenvalue weighted by Crippen LogP contribution is -2.28. The molecule has 0 atom stereocenters. The van der Waals surface area contributed by atoms with E-state index in [1.807, 2.05) is 0 Å². The molecule has 0 spiro atoms. The normalized spacial score (nSPS) is 11.1. The Morgan fingerprint density at radius 1 is 1.21 bits per heavy atom. The third-order valence-corrected chi connectivity index (χ3v) is 4.10. The summed E-state index contributed by atoms with van der Waals surface area (Å²) < 4.78 is 22.7. The van der Waals surface area contributed by atoms with E-state index in [0.29, 0.717) is 0 Å².